The third-order valence-electron chi connectivity index (χ3n) is 2.26. The van der Waals surface area contributed by atoms with Crippen molar-refractivity contribution < 1.29 is 9.47 Å². The number of benzene rings is 1. The summed E-state index contributed by atoms with van der Waals surface area (Å²) >= 11 is 0. The number of epoxide rings is 1. The molecule has 0 aliphatic carbocycles. The van der Waals surface area contributed by atoms with E-state index in [-0.39, 0.29) is 5.60 Å². The number of hydrogen-bond donors (Lipinski definition) is 0. The molecule has 1 aliphatic rings. The van der Waals surface area contributed by atoms with Crippen LogP contribution in [0.15, 0.2) is 24.3 Å². The number of para-hydroxylation sites is 1. The second kappa shape index (κ2) is 3.04. The van der Waals surface area contributed by atoms with Crippen molar-refractivity contribution >= 4 is 0 Å². The molecule has 2 heteroatoms. The van der Waals surface area contributed by atoms with Gasteiger partial charge < -0.3 is 9.47 Å². The van der Waals surface area contributed by atoms with Crippen LogP contribution in [0.5, 0.6) is 5.75 Å². The van der Waals surface area contributed by atoms with E-state index >= 15 is 0 Å². The maximum atomic E-state index is 5.64. The molecule has 1 aromatic carbocycles. The monoisotopic (exact) mass is 178 g/mol. The van der Waals surface area contributed by atoms with E-state index in [0.29, 0.717) is 6.61 Å². The summed E-state index contributed by atoms with van der Waals surface area (Å²) in [7, 11) is 0. The van der Waals surface area contributed by atoms with Crippen molar-refractivity contribution in [2.45, 2.75) is 19.4 Å². The Morgan fingerprint density at radius 1 is 1.46 bits per heavy atom. The first-order chi connectivity index (χ1) is 6.20. The highest BCUT2D eigenvalue weighted by molar-refractivity contribution is 5.31. The first-order valence-electron chi connectivity index (χ1n) is 4.52. The van der Waals surface area contributed by atoms with Gasteiger partial charge in [0.15, 0.2) is 0 Å². The average molecular weight is 178 g/mol. The van der Waals surface area contributed by atoms with Gasteiger partial charge in [-0.2, -0.15) is 0 Å². The Morgan fingerprint density at radius 3 is 2.77 bits per heavy atom. The van der Waals surface area contributed by atoms with Gasteiger partial charge in [-0.05, 0) is 25.5 Å². The molecule has 0 aromatic heterocycles. The summed E-state index contributed by atoms with van der Waals surface area (Å²) in [5.41, 5.74) is 1.15. The van der Waals surface area contributed by atoms with E-state index < -0.39 is 0 Å². The highest BCUT2D eigenvalue weighted by atomic mass is 16.6. The van der Waals surface area contributed by atoms with Crippen LogP contribution in [0.3, 0.4) is 0 Å². The molecule has 0 saturated carbocycles. The predicted molar refractivity (Wildman–Crippen MR) is 51.0 cm³/mol. The zero-order chi connectivity index (χ0) is 9.31. The lowest BCUT2D eigenvalue weighted by molar-refractivity contribution is 0.201. The zero-order valence-electron chi connectivity index (χ0n) is 8.04. The maximum absolute atomic E-state index is 5.64. The molecule has 1 saturated heterocycles. The van der Waals surface area contributed by atoms with Gasteiger partial charge >= 0.3 is 0 Å². The Morgan fingerprint density at radius 2 is 2.15 bits per heavy atom. The van der Waals surface area contributed by atoms with Gasteiger partial charge in [-0.1, -0.05) is 18.2 Å². The van der Waals surface area contributed by atoms with Gasteiger partial charge in [-0.15, -0.1) is 0 Å². The molecule has 1 heterocycles. The quantitative estimate of drug-likeness (QED) is 0.661. The summed E-state index contributed by atoms with van der Waals surface area (Å²) in [5, 5.41) is 0. The van der Waals surface area contributed by atoms with Gasteiger partial charge in [0.25, 0.3) is 0 Å². The van der Waals surface area contributed by atoms with E-state index in [9.17, 15) is 0 Å². The van der Waals surface area contributed by atoms with Crippen LogP contribution in [0, 0.1) is 6.92 Å². The Balaban J connectivity index is 1.97. The third-order valence-corrected chi connectivity index (χ3v) is 2.26. The van der Waals surface area contributed by atoms with E-state index in [4.69, 9.17) is 9.47 Å². The van der Waals surface area contributed by atoms with Gasteiger partial charge in [0.05, 0.1) is 6.61 Å². The minimum absolute atomic E-state index is 0.0255. The average Bonchev–Trinajstić information content (AvgIpc) is 2.83. The van der Waals surface area contributed by atoms with E-state index in [1.165, 1.54) is 5.56 Å². The molecule has 1 aliphatic heterocycles. The molecule has 70 valence electrons. The number of hydrogen-bond acceptors (Lipinski definition) is 2. The molecule has 0 radical (unpaired) electrons. The third kappa shape index (κ3) is 2.01. The second-order valence-electron chi connectivity index (χ2n) is 3.79. The molecular formula is C11H14O2. The molecule has 0 N–H and O–H groups in total. The minimum atomic E-state index is -0.0255. The second-order valence-corrected chi connectivity index (χ2v) is 3.79. The summed E-state index contributed by atoms with van der Waals surface area (Å²) < 4.78 is 10.9. The first-order valence-corrected chi connectivity index (χ1v) is 4.52. The summed E-state index contributed by atoms with van der Waals surface area (Å²) in [6, 6.07) is 8.03. The van der Waals surface area contributed by atoms with Crippen LogP contribution in [0.1, 0.15) is 12.5 Å². The minimum Gasteiger partial charge on any atom is -0.490 e. The summed E-state index contributed by atoms with van der Waals surface area (Å²) in [5.74, 6) is 0.958. The van der Waals surface area contributed by atoms with Gasteiger partial charge in [-0.25, -0.2) is 0 Å². The van der Waals surface area contributed by atoms with Crippen LogP contribution < -0.4 is 4.74 Å². The van der Waals surface area contributed by atoms with Crippen molar-refractivity contribution in [3.8, 4) is 5.75 Å². The number of ether oxygens (including phenoxy) is 2. The van der Waals surface area contributed by atoms with Crippen LogP contribution >= 0.6 is 0 Å². The Kier molecular flexibility index (Phi) is 2.00. The largest absolute Gasteiger partial charge is 0.490 e. The normalized spacial score (nSPS) is 25.7. The first kappa shape index (κ1) is 8.57. The number of aryl methyl sites for hydroxylation is 1. The highest BCUT2D eigenvalue weighted by Crippen LogP contribution is 2.27. The molecule has 2 nitrogen and oxygen atoms in total. The fourth-order valence-electron chi connectivity index (χ4n) is 1.16. The Labute approximate surface area is 78.5 Å². The standard InChI is InChI=1S/C11H14O2/c1-9-5-3-4-6-10(9)12-7-11(2)8-13-11/h3-6H,7-8H2,1-2H3. The van der Waals surface area contributed by atoms with E-state index in [0.717, 1.165) is 12.4 Å². The summed E-state index contributed by atoms with van der Waals surface area (Å²) in [6.07, 6.45) is 0. The topological polar surface area (TPSA) is 21.8 Å². The van der Waals surface area contributed by atoms with Crippen LogP contribution in [0.4, 0.5) is 0 Å². The van der Waals surface area contributed by atoms with E-state index in [1.807, 2.05) is 31.2 Å². The zero-order valence-corrected chi connectivity index (χ0v) is 8.04. The van der Waals surface area contributed by atoms with Crippen molar-refractivity contribution in [2.24, 2.45) is 0 Å². The molecule has 0 spiro atoms. The van der Waals surface area contributed by atoms with Crippen molar-refractivity contribution in [2.75, 3.05) is 13.2 Å². The van der Waals surface area contributed by atoms with Gasteiger partial charge in [0.2, 0.25) is 0 Å². The molecule has 1 aromatic rings. The molecule has 0 amide bonds. The van der Waals surface area contributed by atoms with Crippen molar-refractivity contribution in [1.29, 1.82) is 0 Å². The van der Waals surface area contributed by atoms with Crippen LogP contribution in [0.2, 0.25) is 0 Å². The van der Waals surface area contributed by atoms with Crippen molar-refractivity contribution in [3.63, 3.8) is 0 Å². The lowest BCUT2D eigenvalue weighted by Crippen LogP contribution is -2.17. The van der Waals surface area contributed by atoms with E-state index in [1.54, 1.807) is 0 Å². The van der Waals surface area contributed by atoms with Crippen LogP contribution in [-0.2, 0) is 4.74 Å². The molecule has 13 heavy (non-hydrogen) atoms. The smallest absolute Gasteiger partial charge is 0.123 e. The molecule has 1 unspecified atom stereocenters. The van der Waals surface area contributed by atoms with Gasteiger partial charge in [-0.3, -0.25) is 0 Å². The number of rotatable bonds is 3. The highest BCUT2D eigenvalue weighted by Gasteiger charge is 2.40. The van der Waals surface area contributed by atoms with Gasteiger partial charge in [0.1, 0.15) is 18.0 Å². The van der Waals surface area contributed by atoms with Crippen molar-refractivity contribution in [3.05, 3.63) is 29.8 Å². The molecular weight excluding hydrogens is 164 g/mol. The fraction of sp³-hybridized carbons (Fsp3) is 0.455. The summed E-state index contributed by atoms with van der Waals surface area (Å²) in [4.78, 5) is 0. The van der Waals surface area contributed by atoms with Crippen molar-refractivity contribution in [1.82, 2.24) is 0 Å². The Bertz CT molecular complexity index is 303. The maximum Gasteiger partial charge on any atom is 0.123 e. The molecule has 1 atom stereocenters. The lowest BCUT2D eigenvalue weighted by Gasteiger charge is -2.10. The summed E-state index contributed by atoms with van der Waals surface area (Å²) in [6.45, 7) is 5.58. The van der Waals surface area contributed by atoms with Crippen LogP contribution in [0.25, 0.3) is 0 Å². The molecule has 0 bridgehead atoms. The van der Waals surface area contributed by atoms with E-state index in [2.05, 4.69) is 6.92 Å². The SMILES string of the molecule is Cc1ccccc1OCC1(C)CO1. The van der Waals surface area contributed by atoms with Crippen LogP contribution in [-0.4, -0.2) is 18.8 Å². The lowest BCUT2D eigenvalue weighted by atomic mass is 10.2. The fourth-order valence-corrected chi connectivity index (χ4v) is 1.16. The van der Waals surface area contributed by atoms with Gasteiger partial charge in [0, 0.05) is 0 Å². The predicted octanol–water partition coefficient (Wildman–Crippen LogP) is 2.16. The molecule has 2 rings (SSSR count). The molecule has 1 fully saturated rings. The Hall–Kier alpha value is -1.02.